The van der Waals surface area contributed by atoms with Crippen molar-refractivity contribution < 1.29 is 28.6 Å². The molecule has 2 aromatic carbocycles. The van der Waals surface area contributed by atoms with Gasteiger partial charge in [-0.3, -0.25) is 0 Å². The third-order valence-electron chi connectivity index (χ3n) is 4.29. The topological polar surface area (TPSA) is 76.1 Å². The lowest BCUT2D eigenvalue weighted by atomic mass is 9.98. The number of amides is 1. The molecule has 0 saturated carbocycles. The molecule has 27 heavy (non-hydrogen) atoms. The lowest BCUT2D eigenvalue weighted by molar-refractivity contribution is 0.0597. The van der Waals surface area contributed by atoms with Gasteiger partial charge < -0.3 is 19.5 Å². The summed E-state index contributed by atoms with van der Waals surface area (Å²) in [6, 6.07) is 10.8. The lowest BCUT2D eigenvalue weighted by Crippen LogP contribution is -2.33. The fraction of sp³-hybridized carbons (Fsp3) is 0.200. The smallest absolute Gasteiger partial charge is 0.407 e. The molecular formula is C20H18FNO5. The van der Waals surface area contributed by atoms with Gasteiger partial charge in [0.25, 0.3) is 0 Å². The number of methoxy groups -OCH3 is 1. The maximum Gasteiger partial charge on any atom is 0.407 e. The number of para-hydroxylation sites is 1. The Kier molecular flexibility index (Phi) is 5.40. The summed E-state index contributed by atoms with van der Waals surface area (Å²) in [5.41, 5.74) is 1.88. The Balaban J connectivity index is 1.95. The zero-order chi connectivity index (χ0) is 19.4. The summed E-state index contributed by atoms with van der Waals surface area (Å²) in [6.07, 6.45) is 1.38. The van der Waals surface area contributed by atoms with E-state index in [9.17, 15) is 14.0 Å². The average molecular weight is 371 g/mol. The molecule has 0 unspecified atom stereocenters. The second-order valence-electron chi connectivity index (χ2n) is 5.94. The SMILES string of the molecule is COC(=O)c1ccc(C2=CCN(C(=O)O)CC2)cc1Oc1ccccc1F. The number of hydrogen-bond donors (Lipinski definition) is 1. The van der Waals surface area contributed by atoms with E-state index in [4.69, 9.17) is 14.6 Å². The van der Waals surface area contributed by atoms with Crippen LogP contribution in [0.4, 0.5) is 9.18 Å². The van der Waals surface area contributed by atoms with Crippen molar-refractivity contribution in [1.82, 2.24) is 4.90 Å². The normalized spacial score (nSPS) is 13.7. The highest BCUT2D eigenvalue weighted by atomic mass is 19.1. The molecule has 7 heteroatoms. The van der Waals surface area contributed by atoms with Crippen LogP contribution in [0.2, 0.25) is 0 Å². The molecule has 0 aromatic heterocycles. The van der Waals surface area contributed by atoms with E-state index >= 15 is 0 Å². The number of benzene rings is 2. The standard InChI is InChI=1S/C20H18FNO5/c1-26-19(23)15-7-6-14(13-8-10-22(11-9-13)20(24)25)12-18(15)27-17-5-3-2-4-16(17)21/h2-8,12H,9-11H2,1H3,(H,24,25). The van der Waals surface area contributed by atoms with Gasteiger partial charge in [0.1, 0.15) is 11.3 Å². The second kappa shape index (κ2) is 7.90. The zero-order valence-corrected chi connectivity index (χ0v) is 14.6. The number of esters is 1. The summed E-state index contributed by atoms with van der Waals surface area (Å²) in [4.78, 5) is 24.4. The summed E-state index contributed by atoms with van der Waals surface area (Å²) in [5.74, 6) is -0.976. The molecule has 3 rings (SSSR count). The molecule has 0 radical (unpaired) electrons. The monoisotopic (exact) mass is 371 g/mol. The first kappa shape index (κ1) is 18.4. The van der Waals surface area contributed by atoms with E-state index in [1.807, 2.05) is 6.08 Å². The molecule has 6 nitrogen and oxygen atoms in total. The first-order chi connectivity index (χ1) is 13.0. The van der Waals surface area contributed by atoms with Crippen molar-refractivity contribution in [2.45, 2.75) is 6.42 Å². The molecule has 1 amide bonds. The number of ether oxygens (including phenoxy) is 2. The van der Waals surface area contributed by atoms with Gasteiger partial charge in [0.2, 0.25) is 0 Å². The highest BCUT2D eigenvalue weighted by Gasteiger charge is 2.20. The molecule has 1 N–H and O–H groups in total. The summed E-state index contributed by atoms with van der Waals surface area (Å²) >= 11 is 0. The first-order valence-electron chi connectivity index (χ1n) is 8.31. The largest absolute Gasteiger partial charge is 0.465 e. The minimum Gasteiger partial charge on any atom is -0.465 e. The zero-order valence-electron chi connectivity index (χ0n) is 14.6. The Morgan fingerprint density at radius 3 is 2.56 bits per heavy atom. The highest BCUT2D eigenvalue weighted by Crippen LogP contribution is 2.32. The van der Waals surface area contributed by atoms with Crippen LogP contribution in [0.3, 0.4) is 0 Å². The fourth-order valence-corrected chi connectivity index (χ4v) is 2.84. The van der Waals surface area contributed by atoms with Gasteiger partial charge in [-0.05, 0) is 41.8 Å². The molecule has 0 bridgehead atoms. The van der Waals surface area contributed by atoms with Crippen LogP contribution in [0.5, 0.6) is 11.5 Å². The predicted octanol–water partition coefficient (Wildman–Crippen LogP) is 4.17. The van der Waals surface area contributed by atoms with Crippen molar-refractivity contribution in [2.75, 3.05) is 20.2 Å². The third-order valence-corrected chi connectivity index (χ3v) is 4.29. The summed E-state index contributed by atoms with van der Waals surface area (Å²) in [5, 5.41) is 9.04. The lowest BCUT2D eigenvalue weighted by Gasteiger charge is -2.24. The quantitative estimate of drug-likeness (QED) is 0.817. The Labute approximate surface area is 155 Å². The summed E-state index contributed by atoms with van der Waals surface area (Å²) < 4.78 is 24.4. The second-order valence-corrected chi connectivity index (χ2v) is 5.94. The predicted molar refractivity (Wildman–Crippen MR) is 96.4 cm³/mol. The van der Waals surface area contributed by atoms with Crippen molar-refractivity contribution >= 4 is 17.6 Å². The van der Waals surface area contributed by atoms with Crippen molar-refractivity contribution in [3.63, 3.8) is 0 Å². The van der Waals surface area contributed by atoms with E-state index in [1.54, 1.807) is 30.3 Å². The van der Waals surface area contributed by atoms with Gasteiger partial charge in [-0.2, -0.15) is 0 Å². The van der Waals surface area contributed by atoms with E-state index in [0.717, 1.165) is 11.1 Å². The van der Waals surface area contributed by atoms with Crippen molar-refractivity contribution in [3.8, 4) is 11.5 Å². The van der Waals surface area contributed by atoms with Crippen LogP contribution in [-0.2, 0) is 4.74 Å². The van der Waals surface area contributed by atoms with Gasteiger partial charge in [-0.15, -0.1) is 0 Å². The van der Waals surface area contributed by atoms with E-state index in [2.05, 4.69) is 0 Å². The Morgan fingerprint density at radius 1 is 1.15 bits per heavy atom. The maximum absolute atomic E-state index is 14.0. The number of carbonyl (C=O) groups is 2. The molecule has 0 fully saturated rings. The fourth-order valence-electron chi connectivity index (χ4n) is 2.84. The van der Waals surface area contributed by atoms with Gasteiger partial charge in [0.05, 0.1) is 7.11 Å². The number of rotatable bonds is 4. The van der Waals surface area contributed by atoms with Crippen LogP contribution in [-0.4, -0.2) is 42.3 Å². The molecule has 2 aromatic rings. The van der Waals surface area contributed by atoms with Crippen molar-refractivity contribution in [1.29, 1.82) is 0 Å². The minimum atomic E-state index is -0.963. The van der Waals surface area contributed by atoms with Crippen LogP contribution in [0.15, 0.2) is 48.5 Å². The Hall–Kier alpha value is -3.35. The molecule has 0 spiro atoms. The van der Waals surface area contributed by atoms with Gasteiger partial charge >= 0.3 is 12.1 Å². The summed E-state index contributed by atoms with van der Waals surface area (Å²) in [7, 11) is 1.26. The van der Waals surface area contributed by atoms with Crippen LogP contribution in [0.1, 0.15) is 22.3 Å². The summed E-state index contributed by atoms with van der Waals surface area (Å²) in [6.45, 7) is 0.663. The number of carbonyl (C=O) groups excluding carboxylic acids is 1. The van der Waals surface area contributed by atoms with Gasteiger partial charge in [-0.25, -0.2) is 14.0 Å². The molecular weight excluding hydrogens is 353 g/mol. The van der Waals surface area contributed by atoms with Crippen LogP contribution in [0.25, 0.3) is 5.57 Å². The third kappa shape index (κ3) is 4.08. The van der Waals surface area contributed by atoms with Crippen LogP contribution < -0.4 is 4.74 Å². The highest BCUT2D eigenvalue weighted by molar-refractivity contribution is 5.93. The van der Waals surface area contributed by atoms with Gasteiger partial charge in [0.15, 0.2) is 11.6 Å². The van der Waals surface area contributed by atoms with Crippen molar-refractivity contribution in [3.05, 3.63) is 65.5 Å². The van der Waals surface area contributed by atoms with Gasteiger partial charge in [0, 0.05) is 13.1 Å². The van der Waals surface area contributed by atoms with Gasteiger partial charge in [-0.1, -0.05) is 24.3 Å². The number of hydrogen-bond acceptors (Lipinski definition) is 4. The molecule has 0 aliphatic carbocycles. The molecule has 0 atom stereocenters. The van der Waals surface area contributed by atoms with Crippen molar-refractivity contribution in [2.24, 2.45) is 0 Å². The van der Waals surface area contributed by atoms with Crippen LogP contribution >= 0.6 is 0 Å². The minimum absolute atomic E-state index is 0.00511. The van der Waals surface area contributed by atoms with E-state index < -0.39 is 17.9 Å². The number of nitrogens with zero attached hydrogens (tertiary/aromatic N) is 1. The molecule has 0 saturated heterocycles. The molecule has 1 heterocycles. The molecule has 1 aliphatic rings. The molecule has 140 valence electrons. The Bertz CT molecular complexity index is 909. The Morgan fingerprint density at radius 2 is 1.93 bits per heavy atom. The molecule has 1 aliphatic heterocycles. The van der Waals surface area contributed by atoms with E-state index in [0.29, 0.717) is 13.0 Å². The maximum atomic E-state index is 14.0. The first-order valence-corrected chi connectivity index (χ1v) is 8.31. The number of halogens is 1. The van der Waals surface area contributed by atoms with E-state index in [-0.39, 0.29) is 23.6 Å². The van der Waals surface area contributed by atoms with Crippen LogP contribution in [0, 0.1) is 5.82 Å². The average Bonchev–Trinajstić information content (AvgIpc) is 2.69. The number of carboxylic acid groups (broad SMARTS) is 1. The van der Waals surface area contributed by atoms with E-state index in [1.165, 1.54) is 24.1 Å².